The molecule has 0 aromatic heterocycles. The molecule has 0 radical (unpaired) electrons. The Kier molecular flexibility index (Phi) is 4.02. The van der Waals surface area contributed by atoms with Crippen molar-refractivity contribution in [2.24, 2.45) is 0 Å². The van der Waals surface area contributed by atoms with Crippen LogP contribution in [0.1, 0.15) is 12.5 Å². The summed E-state index contributed by atoms with van der Waals surface area (Å²) in [6.45, 7) is 5.45. The standard InChI is InChI=1S/C12H17NO3/c1-2-14-7-6-13-8-10-4-3-5-11-12(10)16-9-15-11/h3-5,13H,2,6-9H2,1H3. The molecule has 1 aliphatic heterocycles. The minimum atomic E-state index is 0.325. The number of nitrogens with one attached hydrogen (secondary N) is 1. The molecule has 1 heterocycles. The van der Waals surface area contributed by atoms with E-state index >= 15 is 0 Å². The molecule has 88 valence electrons. The normalized spacial score (nSPS) is 13.1. The quantitative estimate of drug-likeness (QED) is 0.743. The van der Waals surface area contributed by atoms with Crippen LogP contribution < -0.4 is 14.8 Å². The molecule has 0 unspecified atom stereocenters. The smallest absolute Gasteiger partial charge is 0.231 e. The molecule has 1 aromatic carbocycles. The van der Waals surface area contributed by atoms with E-state index in [0.717, 1.165) is 43.4 Å². The van der Waals surface area contributed by atoms with Gasteiger partial charge in [0, 0.05) is 25.3 Å². The van der Waals surface area contributed by atoms with Crippen molar-refractivity contribution in [2.45, 2.75) is 13.5 Å². The van der Waals surface area contributed by atoms with Gasteiger partial charge in [-0.15, -0.1) is 0 Å². The van der Waals surface area contributed by atoms with Crippen LogP contribution in [0.3, 0.4) is 0 Å². The molecule has 0 aliphatic carbocycles. The fraction of sp³-hybridized carbons (Fsp3) is 0.500. The average Bonchev–Trinajstić information content (AvgIpc) is 2.77. The highest BCUT2D eigenvalue weighted by molar-refractivity contribution is 5.47. The average molecular weight is 223 g/mol. The third-order valence-electron chi connectivity index (χ3n) is 2.42. The van der Waals surface area contributed by atoms with Gasteiger partial charge in [-0.2, -0.15) is 0 Å². The van der Waals surface area contributed by atoms with Gasteiger partial charge in [-0.3, -0.25) is 0 Å². The lowest BCUT2D eigenvalue weighted by molar-refractivity contribution is 0.149. The second kappa shape index (κ2) is 5.72. The highest BCUT2D eigenvalue weighted by Gasteiger charge is 2.16. The molecule has 1 aliphatic rings. The molecular formula is C12H17NO3. The van der Waals surface area contributed by atoms with Crippen molar-refractivity contribution in [2.75, 3.05) is 26.6 Å². The van der Waals surface area contributed by atoms with Crippen molar-refractivity contribution in [1.82, 2.24) is 5.32 Å². The van der Waals surface area contributed by atoms with E-state index in [-0.39, 0.29) is 0 Å². The molecule has 16 heavy (non-hydrogen) atoms. The van der Waals surface area contributed by atoms with Gasteiger partial charge in [0.15, 0.2) is 11.5 Å². The number of para-hydroxylation sites is 1. The van der Waals surface area contributed by atoms with E-state index in [1.54, 1.807) is 0 Å². The molecule has 2 rings (SSSR count). The maximum Gasteiger partial charge on any atom is 0.231 e. The Morgan fingerprint density at radius 3 is 3.19 bits per heavy atom. The Labute approximate surface area is 95.5 Å². The first-order chi connectivity index (χ1) is 7.92. The fourth-order valence-electron chi connectivity index (χ4n) is 1.64. The van der Waals surface area contributed by atoms with Crippen LogP contribution in [0.4, 0.5) is 0 Å². The van der Waals surface area contributed by atoms with Crippen LogP contribution in [-0.2, 0) is 11.3 Å². The molecule has 4 heteroatoms. The van der Waals surface area contributed by atoms with Gasteiger partial charge < -0.3 is 19.5 Å². The molecule has 0 spiro atoms. The van der Waals surface area contributed by atoms with E-state index in [9.17, 15) is 0 Å². The summed E-state index contributed by atoms with van der Waals surface area (Å²) < 4.78 is 16.0. The van der Waals surface area contributed by atoms with Crippen molar-refractivity contribution in [3.63, 3.8) is 0 Å². The van der Waals surface area contributed by atoms with Gasteiger partial charge in [-0.25, -0.2) is 0 Å². The van der Waals surface area contributed by atoms with Crippen LogP contribution in [-0.4, -0.2) is 26.6 Å². The van der Waals surface area contributed by atoms with E-state index in [1.165, 1.54) is 0 Å². The predicted molar refractivity (Wildman–Crippen MR) is 60.8 cm³/mol. The van der Waals surface area contributed by atoms with E-state index < -0.39 is 0 Å². The Bertz CT molecular complexity index is 341. The Balaban J connectivity index is 1.83. The third-order valence-corrected chi connectivity index (χ3v) is 2.42. The number of rotatable bonds is 6. The largest absolute Gasteiger partial charge is 0.454 e. The van der Waals surface area contributed by atoms with Crippen molar-refractivity contribution < 1.29 is 14.2 Å². The summed E-state index contributed by atoms with van der Waals surface area (Å²) in [4.78, 5) is 0. The van der Waals surface area contributed by atoms with E-state index in [4.69, 9.17) is 14.2 Å². The lowest BCUT2D eigenvalue weighted by Gasteiger charge is -2.07. The summed E-state index contributed by atoms with van der Waals surface area (Å²) >= 11 is 0. The van der Waals surface area contributed by atoms with Gasteiger partial charge in [-0.05, 0) is 13.0 Å². The zero-order valence-electron chi connectivity index (χ0n) is 9.49. The highest BCUT2D eigenvalue weighted by Crippen LogP contribution is 2.34. The monoisotopic (exact) mass is 223 g/mol. The SMILES string of the molecule is CCOCCNCc1cccc2c1OCO2. The lowest BCUT2D eigenvalue weighted by atomic mass is 10.2. The molecule has 0 saturated carbocycles. The van der Waals surface area contributed by atoms with Crippen molar-refractivity contribution in [1.29, 1.82) is 0 Å². The second-order valence-corrected chi connectivity index (χ2v) is 3.52. The van der Waals surface area contributed by atoms with Gasteiger partial charge in [0.05, 0.1) is 6.61 Å². The molecule has 0 atom stereocenters. The van der Waals surface area contributed by atoms with Crippen LogP contribution in [0.25, 0.3) is 0 Å². The number of fused-ring (bicyclic) bond motifs is 1. The van der Waals surface area contributed by atoms with Crippen LogP contribution in [0, 0.1) is 0 Å². The van der Waals surface area contributed by atoms with Crippen molar-refractivity contribution in [3.8, 4) is 11.5 Å². The second-order valence-electron chi connectivity index (χ2n) is 3.52. The molecule has 1 N–H and O–H groups in total. The van der Waals surface area contributed by atoms with Crippen molar-refractivity contribution in [3.05, 3.63) is 23.8 Å². The van der Waals surface area contributed by atoms with Crippen LogP contribution in [0.15, 0.2) is 18.2 Å². The molecule has 0 bridgehead atoms. The number of hydrogen-bond donors (Lipinski definition) is 1. The van der Waals surface area contributed by atoms with E-state index in [2.05, 4.69) is 5.32 Å². The Morgan fingerprint density at radius 2 is 2.31 bits per heavy atom. The molecular weight excluding hydrogens is 206 g/mol. The van der Waals surface area contributed by atoms with Gasteiger partial charge in [0.25, 0.3) is 0 Å². The number of ether oxygens (including phenoxy) is 3. The Hall–Kier alpha value is -1.26. The van der Waals surface area contributed by atoms with Crippen LogP contribution in [0.2, 0.25) is 0 Å². The summed E-state index contributed by atoms with van der Waals surface area (Å²) in [6.07, 6.45) is 0. The number of benzene rings is 1. The van der Waals surface area contributed by atoms with Gasteiger partial charge in [-0.1, -0.05) is 12.1 Å². The maximum atomic E-state index is 5.41. The Morgan fingerprint density at radius 1 is 1.38 bits per heavy atom. The molecule has 0 saturated heterocycles. The highest BCUT2D eigenvalue weighted by atomic mass is 16.7. The summed E-state index contributed by atoms with van der Waals surface area (Å²) in [7, 11) is 0. The third kappa shape index (κ3) is 2.65. The first kappa shape index (κ1) is 11.2. The molecule has 0 fully saturated rings. The zero-order chi connectivity index (χ0) is 11.2. The fourth-order valence-corrected chi connectivity index (χ4v) is 1.64. The summed E-state index contributed by atoms with van der Waals surface area (Å²) in [5, 5.41) is 3.31. The predicted octanol–water partition coefficient (Wildman–Crippen LogP) is 1.54. The maximum absolute atomic E-state index is 5.41. The minimum Gasteiger partial charge on any atom is -0.454 e. The van der Waals surface area contributed by atoms with Gasteiger partial charge in [0.2, 0.25) is 6.79 Å². The van der Waals surface area contributed by atoms with Crippen LogP contribution >= 0.6 is 0 Å². The zero-order valence-corrected chi connectivity index (χ0v) is 9.49. The lowest BCUT2D eigenvalue weighted by Crippen LogP contribution is -2.19. The minimum absolute atomic E-state index is 0.325. The topological polar surface area (TPSA) is 39.7 Å². The molecule has 0 amide bonds. The number of hydrogen-bond acceptors (Lipinski definition) is 4. The first-order valence-corrected chi connectivity index (χ1v) is 5.57. The van der Waals surface area contributed by atoms with Gasteiger partial charge in [0.1, 0.15) is 0 Å². The summed E-state index contributed by atoms with van der Waals surface area (Å²) in [6, 6.07) is 5.94. The van der Waals surface area contributed by atoms with Crippen molar-refractivity contribution >= 4 is 0 Å². The molecule has 4 nitrogen and oxygen atoms in total. The molecule has 1 aromatic rings. The first-order valence-electron chi connectivity index (χ1n) is 5.57. The summed E-state index contributed by atoms with van der Waals surface area (Å²) in [5.41, 5.74) is 1.13. The van der Waals surface area contributed by atoms with Gasteiger partial charge >= 0.3 is 0 Å². The summed E-state index contributed by atoms with van der Waals surface area (Å²) in [5.74, 6) is 1.70. The van der Waals surface area contributed by atoms with Crippen LogP contribution in [0.5, 0.6) is 11.5 Å². The van der Waals surface area contributed by atoms with E-state index in [1.807, 2.05) is 25.1 Å². The van der Waals surface area contributed by atoms with E-state index in [0.29, 0.717) is 6.79 Å².